The van der Waals surface area contributed by atoms with Crippen molar-refractivity contribution in [3.63, 3.8) is 0 Å². The molecule has 1 aliphatic heterocycles. The number of aliphatic imine (C=N–C) groups is 1. The number of nitrogens with zero attached hydrogens (tertiary/aromatic N) is 3. The zero-order valence-electron chi connectivity index (χ0n) is 17.4. The molecule has 7 nitrogen and oxygen atoms in total. The van der Waals surface area contributed by atoms with Gasteiger partial charge in [0.05, 0.1) is 25.7 Å². The van der Waals surface area contributed by atoms with E-state index in [4.69, 9.17) is 14.5 Å². The van der Waals surface area contributed by atoms with Crippen LogP contribution in [0.5, 0.6) is 5.88 Å². The number of likely N-dealkylation sites (tertiary alicyclic amines) is 1. The Balaban J connectivity index is 0.00000300. The number of piperidine rings is 1. The van der Waals surface area contributed by atoms with Crippen molar-refractivity contribution >= 4 is 35.9 Å². The molecule has 2 aliphatic rings. The maximum atomic E-state index is 12.1. The predicted molar refractivity (Wildman–Crippen MR) is 124 cm³/mol. The van der Waals surface area contributed by atoms with Gasteiger partial charge in [-0.05, 0) is 57.1 Å². The van der Waals surface area contributed by atoms with Gasteiger partial charge in [0.25, 0.3) is 0 Å². The highest BCUT2D eigenvalue weighted by atomic mass is 127. The minimum Gasteiger partial charge on any atom is -0.477 e. The first kappa shape index (κ1) is 23.7. The second-order valence-corrected chi connectivity index (χ2v) is 7.46. The molecular weight excluding hydrogens is 483 g/mol. The van der Waals surface area contributed by atoms with Crippen LogP contribution in [-0.4, -0.2) is 54.7 Å². The van der Waals surface area contributed by atoms with E-state index in [-0.39, 0.29) is 35.9 Å². The minimum absolute atomic E-state index is 0. The van der Waals surface area contributed by atoms with Crippen LogP contribution in [0.4, 0.5) is 0 Å². The van der Waals surface area contributed by atoms with Gasteiger partial charge in [0.15, 0.2) is 5.96 Å². The van der Waals surface area contributed by atoms with Gasteiger partial charge in [0.1, 0.15) is 0 Å². The number of halogens is 1. The van der Waals surface area contributed by atoms with Crippen LogP contribution in [-0.2, 0) is 16.1 Å². The number of pyridine rings is 1. The fourth-order valence-corrected chi connectivity index (χ4v) is 3.33. The molecule has 1 saturated heterocycles. The predicted octanol–water partition coefficient (Wildman–Crippen LogP) is 3.23. The zero-order chi connectivity index (χ0) is 19.8. The molecule has 0 aromatic carbocycles. The summed E-state index contributed by atoms with van der Waals surface area (Å²) in [6.45, 7) is 7.96. The fourth-order valence-electron chi connectivity index (χ4n) is 3.33. The third kappa shape index (κ3) is 7.64. The van der Waals surface area contributed by atoms with E-state index in [9.17, 15) is 4.79 Å². The Morgan fingerprint density at radius 3 is 2.90 bits per heavy atom. The Bertz CT molecular complexity index is 682. The number of hydrogen-bond donors (Lipinski definition) is 1. The van der Waals surface area contributed by atoms with Crippen LogP contribution in [0.1, 0.15) is 45.1 Å². The summed E-state index contributed by atoms with van der Waals surface area (Å²) < 4.78 is 11.0. The van der Waals surface area contributed by atoms with Gasteiger partial charge >= 0.3 is 5.97 Å². The van der Waals surface area contributed by atoms with Crippen LogP contribution in [0.2, 0.25) is 0 Å². The van der Waals surface area contributed by atoms with Gasteiger partial charge in [-0.1, -0.05) is 0 Å². The van der Waals surface area contributed by atoms with E-state index < -0.39 is 0 Å². The minimum atomic E-state index is -0.102. The van der Waals surface area contributed by atoms with E-state index in [1.165, 1.54) is 12.8 Å². The first-order chi connectivity index (χ1) is 13.7. The number of carbonyl (C=O) groups is 1. The van der Waals surface area contributed by atoms with Gasteiger partial charge in [0.2, 0.25) is 5.88 Å². The highest BCUT2D eigenvalue weighted by molar-refractivity contribution is 14.0. The molecule has 0 bridgehead atoms. The lowest BCUT2D eigenvalue weighted by Gasteiger charge is -2.34. The molecule has 0 radical (unpaired) electrons. The standard InChI is InChI=1S/C21H32N4O3.HI/c1-3-22-21(25-11-5-6-18(14-25)20(26)27-4-2)24-13-17-9-10-23-19(12-17)28-15-16-7-8-16;/h9-10,12,16,18H,3-8,11,13-15H2,1-2H3,(H,22,24);1H. The van der Waals surface area contributed by atoms with E-state index in [1.54, 1.807) is 6.20 Å². The molecule has 1 aromatic heterocycles. The highest BCUT2D eigenvalue weighted by Crippen LogP contribution is 2.29. The van der Waals surface area contributed by atoms with Gasteiger partial charge < -0.3 is 19.7 Å². The molecule has 1 N–H and O–H groups in total. The number of nitrogens with one attached hydrogen (secondary N) is 1. The van der Waals surface area contributed by atoms with E-state index in [1.807, 2.05) is 19.1 Å². The zero-order valence-corrected chi connectivity index (χ0v) is 19.8. The van der Waals surface area contributed by atoms with Crippen LogP contribution in [0.15, 0.2) is 23.3 Å². The Labute approximate surface area is 190 Å². The maximum absolute atomic E-state index is 12.1. The average Bonchev–Trinajstić information content (AvgIpc) is 3.55. The number of ether oxygens (including phenoxy) is 2. The molecule has 162 valence electrons. The molecule has 0 spiro atoms. The molecule has 3 rings (SSSR count). The molecule has 1 saturated carbocycles. The van der Waals surface area contributed by atoms with Gasteiger partial charge in [-0.3, -0.25) is 4.79 Å². The quantitative estimate of drug-likeness (QED) is 0.248. The maximum Gasteiger partial charge on any atom is 0.310 e. The van der Waals surface area contributed by atoms with Crippen LogP contribution < -0.4 is 10.1 Å². The number of guanidine groups is 1. The molecule has 1 atom stereocenters. The van der Waals surface area contributed by atoms with Crippen molar-refractivity contribution in [2.24, 2.45) is 16.8 Å². The van der Waals surface area contributed by atoms with Gasteiger partial charge in [-0.25, -0.2) is 9.98 Å². The third-order valence-electron chi connectivity index (χ3n) is 5.05. The summed E-state index contributed by atoms with van der Waals surface area (Å²) in [5.41, 5.74) is 1.06. The lowest BCUT2D eigenvalue weighted by molar-refractivity contribution is -0.149. The fraction of sp³-hybridized carbons (Fsp3) is 0.667. The van der Waals surface area contributed by atoms with Crippen LogP contribution in [0, 0.1) is 11.8 Å². The van der Waals surface area contributed by atoms with Gasteiger partial charge in [-0.2, -0.15) is 0 Å². The number of rotatable bonds is 8. The van der Waals surface area contributed by atoms with Crippen LogP contribution in [0.25, 0.3) is 0 Å². The Hall–Kier alpha value is -1.58. The smallest absolute Gasteiger partial charge is 0.310 e. The van der Waals surface area contributed by atoms with Crippen molar-refractivity contribution in [2.75, 3.05) is 32.8 Å². The lowest BCUT2D eigenvalue weighted by Crippen LogP contribution is -2.48. The Morgan fingerprint density at radius 1 is 1.34 bits per heavy atom. The Morgan fingerprint density at radius 2 is 2.17 bits per heavy atom. The van der Waals surface area contributed by atoms with E-state index in [2.05, 4.69) is 22.1 Å². The normalized spacial score (nSPS) is 19.3. The molecule has 2 heterocycles. The molecular formula is C21H33IN4O3. The summed E-state index contributed by atoms with van der Waals surface area (Å²) in [6, 6.07) is 3.93. The van der Waals surface area contributed by atoms with Gasteiger partial charge in [0, 0.05) is 31.9 Å². The first-order valence-corrected chi connectivity index (χ1v) is 10.5. The Kier molecular flexibility index (Phi) is 9.96. The van der Waals surface area contributed by atoms with E-state index >= 15 is 0 Å². The number of aromatic nitrogens is 1. The summed E-state index contributed by atoms with van der Waals surface area (Å²) >= 11 is 0. The molecule has 1 aromatic rings. The summed E-state index contributed by atoms with van der Waals surface area (Å²) in [5.74, 6) is 2.03. The first-order valence-electron chi connectivity index (χ1n) is 10.5. The van der Waals surface area contributed by atoms with Crippen molar-refractivity contribution in [2.45, 2.75) is 46.1 Å². The molecule has 1 unspecified atom stereocenters. The van der Waals surface area contributed by atoms with Crippen molar-refractivity contribution in [1.82, 2.24) is 15.2 Å². The summed E-state index contributed by atoms with van der Waals surface area (Å²) in [5, 5.41) is 3.35. The number of carbonyl (C=O) groups excluding carboxylic acids is 1. The van der Waals surface area contributed by atoms with Crippen molar-refractivity contribution in [1.29, 1.82) is 0 Å². The molecule has 8 heteroatoms. The second-order valence-electron chi connectivity index (χ2n) is 7.46. The monoisotopic (exact) mass is 516 g/mol. The van der Waals surface area contributed by atoms with E-state index in [0.717, 1.165) is 44.1 Å². The summed E-state index contributed by atoms with van der Waals surface area (Å²) in [6.07, 6.45) is 6.14. The molecule has 0 amide bonds. The summed E-state index contributed by atoms with van der Waals surface area (Å²) in [4.78, 5) is 23.4. The molecule has 29 heavy (non-hydrogen) atoms. The SMILES string of the molecule is CCNC(=NCc1ccnc(OCC2CC2)c1)N1CCCC(C(=O)OCC)C1.I. The third-order valence-corrected chi connectivity index (χ3v) is 5.05. The van der Waals surface area contributed by atoms with Crippen LogP contribution >= 0.6 is 24.0 Å². The molecule has 1 aliphatic carbocycles. The van der Waals surface area contributed by atoms with Crippen molar-refractivity contribution in [3.05, 3.63) is 23.9 Å². The topological polar surface area (TPSA) is 76.1 Å². The second kappa shape index (κ2) is 12.2. The number of esters is 1. The number of hydrogen-bond acceptors (Lipinski definition) is 5. The van der Waals surface area contributed by atoms with Gasteiger partial charge in [-0.15, -0.1) is 24.0 Å². The van der Waals surface area contributed by atoms with Crippen molar-refractivity contribution < 1.29 is 14.3 Å². The molecule has 2 fully saturated rings. The van der Waals surface area contributed by atoms with Crippen LogP contribution in [0.3, 0.4) is 0 Å². The summed E-state index contributed by atoms with van der Waals surface area (Å²) in [7, 11) is 0. The highest BCUT2D eigenvalue weighted by Gasteiger charge is 2.28. The average molecular weight is 516 g/mol. The van der Waals surface area contributed by atoms with Crippen molar-refractivity contribution in [3.8, 4) is 5.88 Å². The van der Waals surface area contributed by atoms with E-state index in [0.29, 0.717) is 31.5 Å². The lowest BCUT2D eigenvalue weighted by atomic mass is 9.98. The largest absolute Gasteiger partial charge is 0.477 e.